The van der Waals surface area contributed by atoms with Gasteiger partial charge in [0.2, 0.25) is 0 Å². The van der Waals surface area contributed by atoms with Crippen molar-refractivity contribution in [3.63, 3.8) is 0 Å². The van der Waals surface area contributed by atoms with Crippen LogP contribution in [0.25, 0.3) is 0 Å². The normalized spacial score (nSPS) is 17.4. The molecule has 2 unspecified atom stereocenters. The van der Waals surface area contributed by atoms with E-state index in [2.05, 4.69) is 20.5 Å². The van der Waals surface area contributed by atoms with Gasteiger partial charge in [0.05, 0.1) is 18.3 Å². The third kappa shape index (κ3) is 4.14. The predicted molar refractivity (Wildman–Crippen MR) is 91.4 cm³/mol. The molecule has 2 N–H and O–H groups in total. The Morgan fingerprint density at radius 1 is 1.33 bits per heavy atom. The summed E-state index contributed by atoms with van der Waals surface area (Å²) in [6.45, 7) is 4.56. The highest BCUT2D eigenvalue weighted by Crippen LogP contribution is 2.24. The topological polar surface area (TPSA) is 70.4 Å². The second-order valence-corrected chi connectivity index (χ2v) is 6.14. The molecule has 1 aliphatic heterocycles. The van der Waals surface area contributed by atoms with Crippen LogP contribution >= 0.6 is 0 Å². The highest BCUT2D eigenvalue weighted by Gasteiger charge is 2.26. The molecule has 3 heterocycles. The summed E-state index contributed by atoms with van der Waals surface area (Å²) in [7, 11) is 0. The molecular weight excluding hydrogens is 304 g/mol. The Balaban J connectivity index is 1.55. The average molecular weight is 328 g/mol. The Hall–Kier alpha value is -2.34. The fourth-order valence-corrected chi connectivity index (χ4v) is 3.10. The van der Waals surface area contributed by atoms with Crippen molar-refractivity contribution in [1.82, 2.24) is 20.5 Å². The summed E-state index contributed by atoms with van der Waals surface area (Å²) in [5.74, 6) is 0.900. The van der Waals surface area contributed by atoms with Crippen molar-refractivity contribution in [2.75, 3.05) is 19.6 Å². The molecule has 0 spiro atoms. The molecule has 6 nitrogen and oxygen atoms in total. The van der Waals surface area contributed by atoms with E-state index in [-0.39, 0.29) is 18.1 Å². The molecule has 2 atom stereocenters. The fraction of sp³-hybridized carbons (Fsp3) is 0.444. The van der Waals surface area contributed by atoms with Crippen LogP contribution in [0.3, 0.4) is 0 Å². The number of hydrogen-bond donors (Lipinski definition) is 2. The Bertz CT molecular complexity index is 624. The van der Waals surface area contributed by atoms with Gasteiger partial charge in [0, 0.05) is 18.9 Å². The van der Waals surface area contributed by atoms with Crippen molar-refractivity contribution < 1.29 is 9.21 Å². The van der Waals surface area contributed by atoms with E-state index in [9.17, 15) is 4.79 Å². The third-order valence-electron chi connectivity index (χ3n) is 4.44. The largest absolute Gasteiger partial charge is 0.468 e. The van der Waals surface area contributed by atoms with Crippen LogP contribution in [0.4, 0.5) is 4.79 Å². The van der Waals surface area contributed by atoms with Gasteiger partial charge in [-0.2, -0.15) is 0 Å². The molecule has 1 aliphatic rings. The zero-order valence-electron chi connectivity index (χ0n) is 13.9. The Morgan fingerprint density at radius 2 is 2.17 bits per heavy atom. The van der Waals surface area contributed by atoms with Gasteiger partial charge in [-0.25, -0.2) is 4.79 Å². The monoisotopic (exact) mass is 328 g/mol. The molecule has 0 saturated carbocycles. The van der Waals surface area contributed by atoms with E-state index in [1.165, 1.54) is 12.8 Å². The standard InChI is InChI=1S/C18H24N4O2/c1-14(15-6-4-8-19-12-15)21-18(23)20-13-16(17-7-5-11-24-17)22-9-2-3-10-22/h4-8,11-12,14,16H,2-3,9-10,13H2,1H3,(H2,20,21,23). The first-order valence-electron chi connectivity index (χ1n) is 8.46. The van der Waals surface area contributed by atoms with E-state index >= 15 is 0 Å². The molecule has 0 radical (unpaired) electrons. The lowest BCUT2D eigenvalue weighted by Gasteiger charge is -2.26. The summed E-state index contributed by atoms with van der Waals surface area (Å²) >= 11 is 0. The van der Waals surface area contributed by atoms with Crippen LogP contribution in [0.5, 0.6) is 0 Å². The molecule has 2 aromatic heterocycles. The smallest absolute Gasteiger partial charge is 0.315 e. The van der Waals surface area contributed by atoms with Gasteiger partial charge in [0.1, 0.15) is 5.76 Å². The second kappa shape index (κ2) is 7.97. The number of amides is 2. The van der Waals surface area contributed by atoms with Crippen LogP contribution in [0, 0.1) is 0 Å². The average Bonchev–Trinajstić information content (AvgIpc) is 3.30. The van der Waals surface area contributed by atoms with Crippen LogP contribution in [0.1, 0.15) is 43.2 Å². The number of pyridine rings is 1. The molecule has 0 aliphatic carbocycles. The summed E-state index contributed by atoms with van der Waals surface area (Å²) in [5.41, 5.74) is 0.981. The number of nitrogens with one attached hydrogen (secondary N) is 2. The summed E-state index contributed by atoms with van der Waals surface area (Å²) in [5, 5.41) is 5.92. The zero-order valence-corrected chi connectivity index (χ0v) is 13.9. The lowest BCUT2D eigenvalue weighted by molar-refractivity contribution is 0.202. The molecule has 2 amide bonds. The first-order valence-corrected chi connectivity index (χ1v) is 8.46. The predicted octanol–water partition coefficient (Wildman–Crippen LogP) is 2.87. The minimum Gasteiger partial charge on any atom is -0.468 e. The van der Waals surface area contributed by atoms with Gasteiger partial charge in [-0.1, -0.05) is 6.07 Å². The molecule has 1 fully saturated rings. The molecule has 3 rings (SSSR count). The van der Waals surface area contributed by atoms with Crippen molar-refractivity contribution >= 4 is 6.03 Å². The van der Waals surface area contributed by atoms with E-state index in [4.69, 9.17) is 4.42 Å². The third-order valence-corrected chi connectivity index (χ3v) is 4.44. The van der Waals surface area contributed by atoms with Gasteiger partial charge in [-0.3, -0.25) is 9.88 Å². The lowest BCUT2D eigenvalue weighted by Crippen LogP contribution is -2.42. The Labute approximate surface area is 142 Å². The molecule has 2 aromatic rings. The maximum atomic E-state index is 12.2. The van der Waals surface area contributed by atoms with E-state index < -0.39 is 0 Å². The van der Waals surface area contributed by atoms with Crippen LogP contribution < -0.4 is 10.6 Å². The van der Waals surface area contributed by atoms with Gasteiger partial charge < -0.3 is 15.1 Å². The second-order valence-electron chi connectivity index (χ2n) is 6.14. The molecule has 0 aromatic carbocycles. The van der Waals surface area contributed by atoms with Crippen molar-refractivity contribution in [2.24, 2.45) is 0 Å². The van der Waals surface area contributed by atoms with Gasteiger partial charge in [-0.05, 0) is 56.6 Å². The van der Waals surface area contributed by atoms with Crippen molar-refractivity contribution in [2.45, 2.75) is 31.8 Å². The van der Waals surface area contributed by atoms with Crippen LogP contribution in [-0.2, 0) is 0 Å². The Kier molecular flexibility index (Phi) is 5.48. The number of urea groups is 1. The van der Waals surface area contributed by atoms with Crippen LogP contribution in [0.15, 0.2) is 47.3 Å². The van der Waals surface area contributed by atoms with E-state index in [0.29, 0.717) is 6.54 Å². The van der Waals surface area contributed by atoms with Crippen molar-refractivity contribution in [3.05, 3.63) is 54.2 Å². The number of hydrogen-bond acceptors (Lipinski definition) is 4. The van der Waals surface area contributed by atoms with Gasteiger partial charge >= 0.3 is 6.03 Å². The van der Waals surface area contributed by atoms with Crippen LogP contribution in [-0.4, -0.2) is 35.5 Å². The Morgan fingerprint density at radius 3 is 2.83 bits per heavy atom. The number of likely N-dealkylation sites (tertiary alicyclic amines) is 1. The fourth-order valence-electron chi connectivity index (χ4n) is 3.10. The van der Waals surface area contributed by atoms with E-state index in [0.717, 1.165) is 24.4 Å². The van der Waals surface area contributed by atoms with Gasteiger partial charge in [-0.15, -0.1) is 0 Å². The zero-order chi connectivity index (χ0) is 16.8. The van der Waals surface area contributed by atoms with E-state index in [1.807, 2.05) is 31.2 Å². The quantitative estimate of drug-likeness (QED) is 0.855. The van der Waals surface area contributed by atoms with E-state index in [1.54, 1.807) is 18.7 Å². The van der Waals surface area contributed by atoms with Crippen LogP contribution in [0.2, 0.25) is 0 Å². The number of furan rings is 1. The SMILES string of the molecule is CC(NC(=O)NCC(c1ccco1)N1CCCC1)c1cccnc1. The highest BCUT2D eigenvalue weighted by molar-refractivity contribution is 5.74. The highest BCUT2D eigenvalue weighted by atomic mass is 16.3. The molecule has 1 saturated heterocycles. The summed E-state index contributed by atoms with van der Waals surface area (Å²) in [4.78, 5) is 18.7. The first kappa shape index (κ1) is 16.5. The minimum atomic E-state index is -0.179. The summed E-state index contributed by atoms with van der Waals surface area (Å²) in [6, 6.07) is 7.50. The molecule has 128 valence electrons. The number of rotatable bonds is 6. The molecule has 6 heteroatoms. The number of carbonyl (C=O) groups excluding carboxylic acids is 1. The maximum Gasteiger partial charge on any atom is 0.315 e. The maximum absolute atomic E-state index is 12.2. The number of nitrogens with zero attached hydrogens (tertiary/aromatic N) is 2. The molecular formula is C18H24N4O2. The lowest BCUT2D eigenvalue weighted by atomic mass is 10.1. The number of aromatic nitrogens is 1. The molecule has 24 heavy (non-hydrogen) atoms. The number of carbonyl (C=O) groups is 1. The van der Waals surface area contributed by atoms with Gasteiger partial charge in [0.15, 0.2) is 0 Å². The first-order chi connectivity index (χ1) is 11.7. The molecule has 0 bridgehead atoms. The minimum absolute atomic E-state index is 0.0851. The summed E-state index contributed by atoms with van der Waals surface area (Å²) < 4.78 is 5.57. The van der Waals surface area contributed by atoms with Gasteiger partial charge in [0.25, 0.3) is 0 Å². The van der Waals surface area contributed by atoms with Crippen molar-refractivity contribution in [3.8, 4) is 0 Å². The summed E-state index contributed by atoms with van der Waals surface area (Å²) in [6.07, 6.45) is 7.56. The van der Waals surface area contributed by atoms with Crippen molar-refractivity contribution in [1.29, 1.82) is 0 Å².